The molecule has 0 bridgehead atoms. The third kappa shape index (κ3) is 6.16. The van der Waals surface area contributed by atoms with Crippen LogP contribution in [0.3, 0.4) is 0 Å². The second-order valence-electron chi connectivity index (χ2n) is 6.14. The normalized spacial score (nSPS) is 12.2. The molecule has 2 aromatic carbocycles. The van der Waals surface area contributed by atoms with Crippen molar-refractivity contribution in [2.75, 3.05) is 19.7 Å². The van der Waals surface area contributed by atoms with Crippen LogP contribution in [0.2, 0.25) is 0 Å². The maximum Gasteiger partial charge on any atom is 0.251 e. The molecule has 1 amide bonds. The molecule has 28 heavy (non-hydrogen) atoms. The predicted molar refractivity (Wildman–Crippen MR) is 103 cm³/mol. The summed E-state index contributed by atoms with van der Waals surface area (Å²) < 4.78 is 39.1. The Morgan fingerprint density at radius 1 is 1.14 bits per heavy atom. The maximum absolute atomic E-state index is 13.0. The fourth-order valence-corrected chi connectivity index (χ4v) is 3.43. The highest BCUT2D eigenvalue weighted by Gasteiger charge is 2.15. The number of rotatable bonds is 9. The Kier molecular flexibility index (Phi) is 7.70. The highest BCUT2D eigenvalue weighted by Crippen LogP contribution is 2.12. The Labute approximate surface area is 163 Å². The van der Waals surface area contributed by atoms with Crippen molar-refractivity contribution in [1.82, 2.24) is 10.0 Å². The average molecular weight is 404 g/mol. The number of halogens is 1. The lowest BCUT2D eigenvalue weighted by Crippen LogP contribution is -2.32. The van der Waals surface area contributed by atoms with Crippen LogP contribution in [0, 0.1) is 24.1 Å². The molecule has 0 radical (unpaired) electrons. The number of sulfonamides is 1. The molecule has 148 valence electrons. The van der Waals surface area contributed by atoms with Gasteiger partial charge in [0.2, 0.25) is 10.0 Å². The van der Waals surface area contributed by atoms with Crippen LogP contribution in [0.15, 0.2) is 53.4 Å². The molecule has 3 N–H and O–H groups in total. The van der Waals surface area contributed by atoms with Crippen molar-refractivity contribution in [3.05, 3.63) is 65.5 Å². The molecule has 0 aliphatic carbocycles. The summed E-state index contributed by atoms with van der Waals surface area (Å²) in [7, 11) is -3.72. The SMILES string of the molecule is C#CCNS(=O)(=O)c1ccc(C(=O)NCC(CO)Cc2ccc(F)cc2)cc1. The lowest BCUT2D eigenvalue weighted by atomic mass is 10.00. The lowest BCUT2D eigenvalue weighted by molar-refractivity contribution is 0.0940. The number of carbonyl (C=O) groups excluding carboxylic acids is 1. The van der Waals surface area contributed by atoms with Gasteiger partial charge in [-0.3, -0.25) is 4.79 Å². The van der Waals surface area contributed by atoms with Crippen LogP contribution in [0.5, 0.6) is 0 Å². The van der Waals surface area contributed by atoms with Crippen molar-refractivity contribution < 1.29 is 22.7 Å². The van der Waals surface area contributed by atoms with Crippen LogP contribution < -0.4 is 10.0 Å². The molecule has 0 saturated carbocycles. The number of aliphatic hydroxyl groups is 1. The minimum absolute atomic E-state index is 0.00356. The zero-order chi connectivity index (χ0) is 20.6. The van der Waals surface area contributed by atoms with E-state index in [1.165, 1.54) is 36.4 Å². The highest BCUT2D eigenvalue weighted by atomic mass is 32.2. The van der Waals surface area contributed by atoms with Gasteiger partial charge in [-0.05, 0) is 48.4 Å². The summed E-state index contributed by atoms with van der Waals surface area (Å²) in [6.45, 7) is -0.0483. The van der Waals surface area contributed by atoms with Gasteiger partial charge in [-0.1, -0.05) is 18.1 Å². The zero-order valence-corrected chi connectivity index (χ0v) is 15.9. The van der Waals surface area contributed by atoms with E-state index in [1.54, 1.807) is 12.1 Å². The molecule has 8 heteroatoms. The van der Waals surface area contributed by atoms with Gasteiger partial charge in [0.25, 0.3) is 5.91 Å². The number of benzene rings is 2. The molecule has 1 atom stereocenters. The molecular weight excluding hydrogens is 383 g/mol. The molecule has 0 aliphatic rings. The van der Waals surface area contributed by atoms with Crippen LogP contribution in [0.1, 0.15) is 15.9 Å². The van der Waals surface area contributed by atoms with Crippen LogP contribution in [0.4, 0.5) is 4.39 Å². The second-order valence-corrected chi connectivity index (χ2v) is 7.91. The minimum atomic E-state index is -3.72. The van der Waals surface area contributed by atoms with Crippen molar-refractivity contribution >= 4 is 15.9 Å². The van der Waals surface area contributed by atoms with E-state index in [9.17, 15) is 22.7 Å². The number of carbonyl (C=O) groups is 1. The Morgan fingerprint density at radius 2 is 1.79 bits per heavy atom. The number of amides is 1. The number of terminal acetylenes is 1. The van der Waals surface area contributed by atoms with E-state index in [0.717, 1.165) is 5.56 Å². The van der Waals surface area contributed by atoms with Gasteiger partial charge in [0.15, 0.2) is 0 Å². The van der Waals surface area contributed by atoms with Crippen LogP contribution in [-0.2, 0) is 16.4 Å². The van der Waals surface area contributed by atoms with E-state index in [-0.39, 0.29) is 41.9 Å². The van der Waals surface area contributed by atoms with E-state index >= 15 is 0 Å². The molecule has 0 fully saturated rings. The molecule has 2 rings (SSSR count). The largest absolute Gasteiger partial charge is 0.396 e. The first-order valence-corrected chi connectivity index (χ1v) is 10.0. The fourth-order valence-electron chi connectivity index (χ4n) is 2.50. The Morgan fingerprint density at radius 3 is 2.36 bits per heavy atom. The van der Waals surface area contributed by atoms with Gasteiger partial charge in [0, 0.05) is 24.6 Å². The smallest absolute Gasteiger partial charge is 0.251 e. The van der Waals surface area contributed by atoms with Crippen molar-refractivity contribution in [1.29, 1.82) is 0 Å². The van der Waals surface area contributed by atoms with Gasteiger partial charge in [0.05, 0.1) is 11.4 Å². The molecule has 0 spiro atoms. The number of aliphatic hydroxyl groups excluding tert-OH is 1. The van der Waals surface area contributed by atoms with E-state index in [1.807, 2.05) is 0 Å². The number of nitrogens with one attached hydrogen (secondary N) is 2. The van der Waals surface area contributed by atoms with Crippen molar-refractivity contribution in [2.45, 2.75) is 11.3 Å². The van der Waals surface area contributed by atoms with Crippen LogP contribution in [-0.4, -0.2) is 39.1 Å². The topological polar surface area (TPSA) is 95.5 Å². The zero-order valence-electron chi connectivity index (χ0n) is 15.1. The van der Waals surface area contributed by atoms with Gasteiger partial charge >= 0.3 is 0 Å². The van der Waals surface area contributed by atoms with Gasteiger partial charge in [-0.15, -0.1) is 6.42 Å². The first-order chi connectivity index (χ1) is 13.4. The van der Waals surface area contributed by atoms with Gasteiger partial charge in [0.1, 0.15) is 5.82 Å². The summed E-state index contributed by atoms with van der Waals surface area (Å²) in [5.41, 5.74) is 1.14. The summed E-state index contributed by atoms with van der Waals surface area (Å²) in [4.78, 5) is 12.3. The van der Waals surface area contributed by atoms with Crippen molar-refractivity contribution in [3.63, 3.8) is 0 Å². The third-order valence-corrected chi connectivity index (χ3v) is 5.46. The lowest BCUT2D eigenvalue weighted by Gasteiger charge is -2.15. The molecule has 0 saturated heterocycles. The van der Waals surface area contributed by atoms with E-state index < -0.39 is 15.9 Å². The van der Waals surface area contributed by atoms with Crippen LogP contribution >= 0.6 is 0 Å². The molecular formula is C20H21FN2O4S. The van der Waals surface area contributed by atoms with Crippen molar-refractivity contribution in [2.24, 2.45) is 5.92 Å². The standard InChI is InChI=1S/C20H21FN2O4S/c1-2-11-23-28(26,27)19-9-5-17(6-10-19)20(25)22-13-16(14-24)12-15-3-7-18(21)8-4-15/h1,3-10,16,23-24H,11-14H2,(H,22,25). The first kappa shape index (κ1) is 21.6. The third-order valence-electron chi connectivity index (χ3n) is 4.04. The number of hydrogen-bond donors (Lipinski definition) is 3. The molecule has 2 aromatic rings. The average Bonchev–Trinajstić information content (AvgIpc) is 2.71. The Bertz CT molecular complexity index is 936. The molecule has 6 nitrogen and oxygen atoms in total. The fraction of sp³-hybridized carbons (Fsp3) is 0.250. The second kappa shape index (κ2) is 9.99. The van der Waals surface area contributed by atoms with Gasteiger partial charge in [-0.25, -0.2) is 12.8 Å². The van der Waals surface area contributed by atoms with E-state index in [0.29, 0.717) is 6.42 Å². The van der Waals surface area contributed by atoms with Crippen LogP contribution in [0.25, 0.3) is 0 Å². The molecule has 0 aliphatic heterocycles. The minimum Gasteiger partial charge on any atom is -0.396 e. The highest BCUT2D eigenvalue weighted by molar-refractivity contribution is 7.89. The summed E-state index contributed by atoms with van der Waals surface area (Å²) >= 11 is 0. The Hall–Kier alpha value is -2.73. The molecule has 0 heterocycles. The summed E-state index contributed by atoms with van der Waals surface area (Å²) in [5.74, 6) is 1.22. The summed E-state index contributed by atoms with van der Waals surface area (Å²) in [6.07, 6.45) is 5.52. The van der Waals surface area contributed by atoms with Crippen molar-refractivity contribution in [3.8, 4) is 12.3 Å². The van der Waals surface area contributed by atoms with E-state index in [4.69, 9.17) is 6.42 Å². The molecule has 0 aromatic heterocycles. The quantitative estimate of drug-likeness (QED) is 0.550. The molecule has 1 unspecified atom stereocenters. The Balaban J connectivity index is 1.94. The summed E-state index contributed by atoms with van der Waals surface area (Å²) in [5, 5.41) is 12.2. The maximum atomic E-state index is 13.0. The monoisotopic (exact) mass is 404 g/mol. The van der Waals surface area contributed by atoms with Gasteiger partial charge < -0.3 is 10.4 Å². The van der Waals surface area contributed by atoms with Gasteiger partial charge in [-0.2, -0.15) is 4.72 Å². The predicted octanol–water partition coefficient (Wildman–Crippen LogP) is 1.32. The summed E-state index contributed by atoms with van der Waals surface area (Å²) in [6, 6.07) is 11.4. The van der Waals surface area contributed by atoms with E-state index in [2.05, 4.69) is 16.0 Å². The number of hydrogen-bond acceptors (Lipinski definition) is 4. The first-order valence-electron chi connectivity index (χ1n) is 8.52.